The summed E-state index contributed by atoms with van der Waals surface area (Å²) in [6.07, 6.45) is 0. The minimum absolute atomic E-state index is 0.517. The molecule has 0 amide bonds. The van der Waals surface area contributed by atoms with Crippen LogP contribution < -0.4 is 4.90 Å². The van der Waals surface area contributed by atoms with E-state index in [0.29, 0.717) is 24.9 Å². The molecule has 106 valence electrons. The Morgan fingerprint density at radius 1 is 0.857 bits per heavy atom. The number of anilines is 1. The molecule has 0 bridgehead atoms. The average molecular weight is 299 g/mol. The van der Waals surface area contributed by atoms with Crippen LogP contribution in [0.15, 0.2) is 54.6 Å². The molecule has 5 heteroatoms. The van der Waals surface area contributed by atoms with Crippen molar-refractivity contribution >= 4 is 28.6 Å². The monoisotopic (exact) mass is 298 g/mol. The number of hydrogen-bond donors (Lipinski definition) is 0. The first-order chi connectivity index (χ1) is 10.4. The Morgan fingerprint density at radius 3 is 2.33 bits per heavy atom. The molecule has 0 radical (unpaired) electrons. The minimum Gasteiger partial charge on any atom is -0.334 e. The summed E-state index contributed by atoms with van der Waals surface area (Å²) < 4.78 is 0. The molecule has 3 rings (SSSR count). The van der Waals surface area contributed by atoms with Gasteiger partial charge in [-0.05, 0) is 17.7 Å². The van der Waals surface area contributed by atoms with Gasteiger partial charge in [-0.15, -0.1) is 21.8 Å². The van der Waals surface area contributed by atoms with E-state index in [0.717, 1.165) is 11.0 Å². The maximum absolute atomic E-state index is 5.91. The number of para-hydroxylation sites is 1. The second-order valence-electron chi connectivity index (χ2n) is 4.70. The number of aromatic nitrogens is 3. The zero-order valence-electron chi connectivity index (χ0n) is 11.5. The molecule has 0 aliphatic rings. The SMILES string of the molecule is ClCCN(Cc1ccccc1)c1nnc2ccccc2n1. The third kappa shape index (κ3) is 3.28. The number of benzene rings is 2. The van der Waals surface area contributed by atoms with Crippen LogP contribution in [0.2, 0.25) is 0 Å². The Balaban J connectivity index is 1.91. The van der Waals surface area contributed by atoms with Gasteiger partial charge in [0.2, 0.25) is 5.95 Å². The van der Waals surface area contributed by atoms with Gasteiger partial charge in [0, 0.05) is 19.0 Å². The van der Waals surface area contributed by atoms with Gasteiger partial charge in [0.25, 0.3) is 0 Å². The third-order valence-corrected chi connectivity index (χ3v) is 3.37. The van der Waals surface area contributed by atoms with Crippen LogP contribution in [-0.2, 0) is 6.54 Å². The molecular weight excluding hydrogens is 284 g/mol. The molecule has 0 saturated carbocycles. The van der Waals surface area contributed by atoms with E-state index in [1.54, 1.807) is 0 Å². The Labute approximate surface area is 128 Å². The van der Waals surface area contributed by atoms with Crippen molar-refractivity contribution in [2.45, 2.75) is 6.54 Å². The van der Waals surface area contributed by atoms with Crippen molar-refractivity contribution in [3.8, 4) is 0 Å². The van der Waals surface area contributed by atoms with Crippen LogP contribution in [0.3, 0.4) is 0 Å². The Morgan fingerprint density at radius 2 is 1.57 bits per heavy atom. The molecule has 0 aliphatic heterocycles. The average Bonchev–Trinajstić information content (AvgIpc) is 2.55. The lowest BCUT2D eigenvalue weighted by Crippen LogP contribution is -2.27. The summed E-state index contributed by atoms with van der Waals surface area (Å²) in [6, 6.07) is 17.9. The summed E-state index contributed by atoms with van der Waals surface area (Å²) in [7, 11) is 0. The van der Waals surface area contributed by atoms with E-state index in [1.165, 1.54) is 5.56 Å². The normalized spacial score (nSPS) is 10.7. The summed E-state index contributed by atoms with van der Waals surface area (Å²) >= 11 is 5.91. The van der Waals surface area contributed by atoms with Gasteiger partial charge in [-0.2, -0.15) is 0 Å². The van der Waals surface area contributed by atoms with E-state index in [-0.39, 0.29) is 0 Å². The molecule has 21 heavy (non-hydrogen) atoms. The lowest BCUT2D eigenvalue weighted by Gasteiger charge is -2.21. The first-order valence-corrected chi connectivity index (χ1v) is 7.34. The van der Waals surface area contributed by atoms with Gasteiger partial charge < -0.3 is 4.90 Å². The van der Waals surface area contributed by atoms with E-state index in [4.69, 9.17) is 11.6 Å². The van der Waals surface area contributed by atoms with Crippen molar-refractivity contribution in [3.63, 3.8) is 0 Å². The highest BCUT2D eigenvalue weighted by molar-refractivity contribution is 6.18. The maximum atomic E-state index is 5.91. The summed E-state index contributed by atoms with van der Waals surface area (Å²) in [5, 5.41) is 8.46. The molecule has 2 aromatic carbocycles. The molecule has 0 fully saturated rings. The van der Waals surface area contributed by atoms with E-state index < -0.39 is 0 Å². The Hall–Kier alpha value is -2.20. The molecule has 0 spiro atoms. The highest BCUT2D eigenvalue weighted by Gasteiger charge is 2.11. The molecule has 4 nitrogen and oxygen atoms in total. The highest BCUT2D eigenvalue weighted by Crippen LogP contribution is 2.15. The topological polar surface area (TPSA) is 41.9 Å². The third-order valence-electron chi connectivity index (χ3n) is 3.20. The Bertz CT molecular complexity index is 718. The van der Waals surface area contributed by atoms with Crippen LogP contribution in [0, 0.1) is 0 Å². The molecule has 0 N–H and O–H groups in total. The molecular formula is C16H15ClN4. The first-order valence-electron chi connectivity index (χ1n) is 6.81. The summed E-state index contributed by atoms with van der Waals surface area (Å²) in [5.74, 6) is 1.13. The quantitative estimate of drug-likeness (QED) is 0.678. The van der Waals surface area contributed by atoms with E-state index in [1.807, 2.05) is 47.4 Å². The fraction of sp³-hybridized carbons (Fsp3) is 0.188. The largest absolute Gasteiger partial charge is 0.334 e. The number of fused-ring (bicyclic) bond motifs is 1. The van der Waals surface area contributed by atoms with Gasteiger partial charge in [-0.3, -0.25) is 0 Å². The predicted molar refractivity (Wildman–Crippen MR) is 85.5 cm³/mol. The van der Waals surface area contributed by atoms with Crippen LogP contribution in [0.25, 0.3) is 11.0 Å². The zero-order valence-corrected chi connectivity index (χ0v) is 12.2. The number of rotatable bonds is 5. The maximum Gasteiger partial charge on any atom is 0.246 e. The zero-order chi connectivity index (χ0) is 14.5. The standard InChI is InChI=1S/C16H15ClN4/c17-10-11-21(12-13-6-2-1-3-7-13)16-18-14-8-4-5-9-15(14)19-20-16/h1-9H,10-12H2. The van der Waals surface area contributed by atoms with Gasteiger partial charge in [0.15, 0.2) is 0 Å². The van der Waals surface area contributed by atoms with E-state index in [2.05, 4.69) is 27.3 Å². The van der Waals surface area contributed by atoms with Crippen molar-refractivity contribution in [1.82, 2.24) is 15.2 Å². The highest BCUT2D eigenvalue weighted by atomic mass is 35.5. The van der Waals surface area contributed by atoms with Crippen LogP contribution in [0.5, 0.6) is 0 Å². The van der Waals surface area contributed by atoms with Crippen molar-refractivity contribution in [3.05, 3.63) is 60.2 Å². The number of nitrogens with zero attached hydrogens (tertiary/aromatic N) is 4. The molecule has 0 atom stereocenters. The summed E-state index contributed by atoms with van der Waals surface area (Å²) in [5.41, 5.74) is 2.83. The van der Waals surface area contributed by atoms with Gasteiger partial charge >= 0.3 is 0 Å². The van der Waals surface area contributed by atoms with E-state index >= 15 is 0 Å². The fourth-order valence-corrected chi connectivity index (χ4v) is 2.37. The van der Waals surface area contributed by atoms with Crippen molar-refractivity contribution in [2.24, 2.45) is 0 Å². The van der Waals surface area contributed by atoms with Gasteiger partial charge in [-0.1, -0.05) is 42.5 Å². The first kappa shape index (κ1) is 13.8. The second-order valence-corrected chi connectivity index (χ2v) is 5.07. The molecule has 0 unspecified atom stereocenters. The number of halogens is 1. The van der Waals surface area contributed by atoms with Crippen LogP contribution >= 0.6 is 11.6 Å². The second kappa shape index (κ2) is 6.50. The fourth-order valence-electron chi connectivity index (χ4n) is 2.16. The van der Waals surface area contributed by atoms with Gasteiger partial charge in [0.1, 0.15) is 5.52 Å². The van der Waals surface area contributed by atoms with Crippen LogP contribution in [0.1, 0.15) is 5.56 Å². The smallest absolute Gasteiger partial charge is 0.246 e. The van der Waals surface area contributed by atoms with Gasteiger partial charge in [-0.25, -0.2) is 4.98 Å². The molecule has 3 aromatic rings. The number of alkyl halides is 1. The van der Waals surface area contributed by atoms with Crippen molar-refractivity contribution in [2.75, 3.05) is 17.3 Å². The van der Waals surface area contributed by atoms with Crippen molar-refractivity contribution < 1.29 is 0 Å². The van der Waals surface area contributed by atoms with Gasteiger partial charge in [0.05, 0.1) is 5.52 Å². The number of hydrogen-bond acceptors (Lipinski definition) is 4. The van der Waals surface area contributed by atoms with Crippen LogP contribution in [-0.4, -0.2) is 27.6 Å². The predicted octanol–water partition coefficient (Wildman–Crippen LogP) is 3.27. The molecule has 0 saturated heterocycles. The van der Waals surface area contributed by atoms with Crippen LogP contribution in [0.4, 0.5) is 5.95 Å². The molecule has 1 aromatic heterocycles. The molecule has 0 aliphatic carbocycles. The van der Waals surface area contributed by atoms with E-state index in [9.17, 15) is 0 Å². The van der Waals surface area contributed by atoms with Crippen molar-refractivity contribution in [1.29, 1.82) is 0 Å². The summed E-state index contributed by atoms with van der Waals surface area (Å²) in [6.45, 7) is 1.39. The minimum atomic E-state index is 0.517. The Kier molecular flexibility index (Phi) is 4.26. The lowest BCUT2D eigenvalue weighted by molar-refractivity contribution is 0.781. The lowest BCUT2D eigenvalue weighted by atomic mass is 10.2. The summed E-state index contributed by atoms with van der Waals surface area (Å²) in [4.78, 5) is 6.63. The molecule has 1 heterocycles.